The van der Waals surface area contributed by atoms with Gasteiger partial charge in [-0.1, -0.05) is 6.07 Å². The van der Waals surface area contributed by atoms with Crippen LogP contribution in [-0.2, 0) is 16.0 Å². The fourth-order valence-corrected chi connectivity index (χ4v) is 1.28. The molecule has 0 spiro atoms. The number of benzene rings is 1. The number of nitrogens with two attached hydrogens (primary N) is 1. The summed E-state index contributed by atoms with van der Waals surface area (Å²) in [6.45, 7) is 2.63. The molecule has 0 aromatic heterocycles. The van der Waals surface area contributed by atoms with E-state index >= 15 is 0 Å². The van der Waals surface area contributed by atoms with Gasteiger partial charge in [0.2, 0.25) is 0 Å². The number of aliphatic hydroxyl groups is 1. The number of hydrazine groups is 1. The second-order valence-corrected chi connectivity index (χ2v) is 4.80. The van der Waals surface area contributed by atoms with Crippen molar-refractivity contribution in [3.8, 4) is 11.5 Å². The van der Waals surface area contributed by atoms with Gasteiger partial charge in [0.1, 0.15) is 11.6 Å². The molecule has 0 aliphatic carbocycles. The Hall–Kier alpha value is -2.36. The van der Waals surface area contributed by atoms with E-state index < -0.39 is 23.6 Å². The van der Waals surface area contributed by atoms with Gasteiger partial charge in [-0.15, -0.1) is 0 Å². The zero-order valence-corrected chi connectivity index (χ0v) is 12.1. The number of hydrogen-bond donors (Lipinski definition) is 7. The van der Waals surface area contributed by atoms with Crippen LogP contribution in [0.15, 0.2) is 18.2 Å². The van der Waals surface area contributed by atoms with E-state index in [9.17, 15) is 14.7 Å². The minimum absolute atomic E-state index is 0.0900. The fourth-order valence-electron chi connectivity index (χ4n) is 1.28. The summed E-state index contributed by atoms with van der Waals surface area (Å²) in [5, 5.41) is 43.1. The number of nitrogens with one attached hydrogen (secondary N) is 1. The predicted octanol–water partition coefficient (Wildman–Crippen LogP) is -0.601. The third-order valence-electron chi connectivity index (χ3n) is 2.75. The van der Waals surface area contributed by atoms with Crippen molar-refractivity contribution in [2.75, 3.05) is 0 Å². The molecular formula is C13H20N2O7. The Bertz CT molecular complexity index is 533. The molecule has 0 aliphatic rings. The van der Waals surface area contributed by atoms with Crippen LogP contribution in [0.25, 0.3) is 0 Å². The van der Waals surface area contributed by atoms with E-state index in [1.807, 2.05) is 0 Å². The molecule has 0 radical (unpaired) electrons. The lowest BCUT2D eigenvalue weighted by molar-refractivity contribution is -0.145. The minimum atomic E-state index is -1.32. The summed E-state index contributed by atoms with van der Waals surface area (Å²) in [5.74, 6) is 2.36. The van der Waals surface area contributed by atoms with E-state index in [4.69, 9.17) is 26.3 Å². The largest absolute Gasteiger partial charge is 0.504 e. The first-order valence-electron chi connectivity index (χ1n) is 6.16. The SMILES string of the molecule is CC(Cc1ccc(O)c(O)c1)(NN)C(=O)O.CC(O)C(=O)O. The second kappa shape index (κ2) is 8.17. The van der Waals surface area contributed by atoms with Crippen LogP contribution in [-0.4, -0.2) is 49.1 Å². The van der Waals surface area contributed by atoms with Crippen molar-refractivity contribution in [3.05, 3.63) is 23.8 Å². The van der Waals surface area contributed by atoms with E-state index in [1.165, 1.54) is 32.0 Å². The molecule has 9 heteroatoms. The number of aliphatic carboxylic acids is 2. The molecule has 0 amide bonds. The molecule has 0 heterocycles. The fraction of sp³-hybridized carbons (Fsp3) is 0.385. The summed E-state index contributed by atoms with van der Waals surface area (Å²) in [6.07, 6.45) is -1.14. The molecule has 0 fully saturated rings. The summed E-state index contributed by atoms with van der Waals surface area (Å²) in [6, 6.07) is 4.12. The van der Waals surface area contributed by atoms with Gasteiger partial charge < -0.3 is 25.5 Å². The maximum atomic E-state index is 11.0. The van der Waals surface area contributed by atoms with Gasteiger partial charge >= 0.3 is 11.9 Å². The van der Waals surface area contributed by atoms with Gasteiger partial charge in [0.15, 0.2) is 11.5 Å². The lowest BCUT2D eigenvalue weighted by atomic mass is 9.93. The van der Waals surface area contributed by atoms with E-state index in [0.29, 0.717) is 5.56 Å². The second-order valence-electron chi connectivity index (χ2n) is 4.80. The van der Waals surface area contributed by atoms with Crippen LogP contribution >= 0.6 is 0 Å². The number of phenolic OH excluding ortho intramolecular Hbond substituents is 2. The monoisotopic (exact) mass is 316 g/mol. The van der Waals surface area contributed by atoms with Gasteiger partial charge in [0.05, 0.1) is 0 Å². The Morgan fingerprint density at radius 1 is 1.27 bits per heavy atom. The molecule has 2 atom stereocenters. The smallest absolute Gasteiger partial charge is 0.332 e. The molecule has 9 nitrogen and oxygen atoms in total. The number of carboxylic acid groups (broad SMARTS) is 2. The van der Waals surface area contributed by atoms with Crippen LogP contribution in [0.1, 0.15) is 19.4 Å². The van der Waals surface area contributed by atoms with Gasteiger partial charge in [-0.3, -0.25) is 10.6 Å². The Morgan fingerprint density at radius 2 is 1.77 bits per heavy atom. The van der Waals surface area contributed by atoms with Crippen molar-refractivity contribution in [2.45, 2.75) is 31.9 Å². The first kappa shape index (κ1) is 19.6. The summed E-state index contributed by atoms with van der Waals surface area (Å²) in [5.41, 5.74) is 1.45. The van der Waals surface area contributed by atoms with E-state index in [0.717, 1.165) is 0 Å². The topological polar surface area (TPSA) is 173 Å². The number of phenols is 2. The lowest BCUT2D eigenvalue weighted by Crippen LogP contribution is -2.54. The zero-order valence-electron chi connectivity index (χ0n) is 12.1. The van der Waals surface area contributed by atoms with Crippen molar-refractivity contribution in [2.24, 2.45) is 5.84 Å². The molecule has 1 aromatic carbocycles. The maximum Gasteiger partial charge on any atom is 0.332 e. The number of carbonyl (C=O) groups is 2. The molecule has 1 rings (SSSR count). The molecule has 124 valence electrons. The van der Waals surface area contributed by atoms with Crippen LogP contribution in [0.3, 0.4) is 0 Å². The molecule has 0 bridgehead atoms. The molecular weight excluding hydrogens is 296 g/mol. The first-order chi connectivity index (χ1) is 10.0. The van der Waals surface area contributed by atoms with E-state index in [1.54, 1.807) is 0 Å². The van der Waals surface area contributed by atoms with Crippen LogP contribution in [0.4, 0.5) is 0 Å². The van der Waals surface area contributed by atoms with Crippen LogP contribution in [0, 0.1) is 0 Å². The highest BCUT2D eigenvalue weighted by Gasteiger charge is 2.32. The van der Waals surface area contributed by atoms with Gasteiger partial charge in [-0.05, 0) is 31.5 Å². The number of aromatic hydroxyl groups is 2. The molecule has 2 unspecified atom stereocenters. The summed E-state index contributed by atoms with van der Waals surface area (Å²) >= 11 is 0. The summed E-state index contributed by atoms with van der Waals surface area (Å²) < 4.78 is 0. The predicted molar refractivity (Wildman–Crippen MR) is 76.2 cm³/mol. The van der Waals surface area contributed by atoms with Crippen molar-refractivity contribution in [3.63, 3.8) is 0 Å². The van der Waals surface area contributed by atoms with Gasteiger partial charge in [0, 0.05) is 6.42 Å². The van der Waals surface area contributed by atoms with Crippen LogP contribution < -0.4 is 11.3 Å². The Labute approximate surface area is 126 Å². The standard InChI is InChI=1S/C10H14N2O4.C3H6O3/c1-10(12-11,9(15)16)5-6-2-3-7(13)8(14)4-6;1-2(4)3(5)6/h2-4,12-14H,5,11H2,1H3,(H,15,16);2,4H,1H3,(H,5,6). The van der Waals surface area contributed by atoms with E-state index in [2.05, 4.69) is 5.43 Å². The minimum Gasteiger partial charge on any atom is -0.504 e. The zero-order chi connectivity index (χ0) is 17.5. The average Bonchev–Trinajstić information content (AvgIpc) is 2.43. The molecule has 22 heavy (non-hydrogen) atoms. The summed E-state index contributed by atoms with van der Waals surface area (Å²) in [4.78, 5) is 20.4. The van der Waals surface area contributed by atoms with Gasteiger partial charge in [0.25, 0.3) is 0 Å². The highest BCUT2D eigenvalue weighted by Crippen LogP contribution is 2.26. The van der Waals surface area contributed by atoms with Gasteiger partial charge in [-0.25, -0.2) is 10.2 Å². The number of carboxylic acids is 2. The van der Waals surface area contributed by atoms with Crippen molar-refractivity contribution in [1.29, 1.82) is 0 Å². The lowest BCUT2D eigenvalue weighted by Gasteiger charge is -2.23. The van der Waals surface area contributed by atoms with Crippen LogP contribution in [0.2, 0.25) is 0 Å². The van der Waals surface area contributed by atoms with Crippen LogP contribution in [0.5, 0.6) is 11.5 Å². The highest BCUT2D eigenvalue weighted by molar-refractivity contribution is 5.78. The Morgan fingerprint density at radius 3 is 2.09 bits per heavy atom. The molecule has 0 saturated heterocycles. The van der Waals surface area contributed by atoms with E-state index in [-0.39, 0.29) is 17.9 Å². The highest BCUT2D eigenvalue weighted by atomic mass is 16.4. The van der Waals surface area contributed by atoms with Crippen molar-refractivity contribution >= 4 is 11.9 Å². The Kier molecular flexibility index (Phi) is 7.30. The normalized spacial score (nSPS) is 14.2. The number of hydrogen-bond acceptors (Lipinski definition) is 7. The third kappa shape index (κ3) is 5.95. The Balaban J connectivity index is 0.000000626. The molecule has 8 N–H and O–H groups in total. The molecule has 1 aromatic rings. The van der Waals surface area contributed by atoms with Crippen molar-refractivity contribution < 1.29 is 35.1 Å². The first-order valence-corrected chi connectivity index (χ1v) is 6.16. The molecule has 0 saturated carbocycles. The van der Waals surface area contributed by atoms with Gasteiger partial charge in [-0.2, -0.15) is 0 Å². The van der Waals surface area contributed by atoms with Crippen molar-refractivity contribution in [1.82, 2.24) is 5.43 Å². The summed E-state index contributed by atoms with van der Waals surface area (Å²) in [7, 11) is 0. The number of aliphatic hydroxyl groups excluding tert-OH is 1. The molecule has 0 aliphatic heterocycles. The third-order valence-corrected chi connectivity index (χ3v) is 2.75. The quantitative estimate of drug-likeness (QED) is 0.212. The average molecular weight is 316 g/mol. The maximum absolute atomic E-state index is 11.0. The number of rotatable bonds is 5.